The molecule has 3 rings (SSSR count). The third-order valence-corrected chi connectivity index (χ3v) is 3.85. The number of anilines is 1. The van der Waals surface area contributed by atoms with Crippen molar-refractivity contribution in [1.29, 1.82) is 0 Å². The lowest BCUT2D eigenvalue weighted by atomic mass is 10.3. The molecule has 0 spiro atoms. The number of nitro groups is 1. The van der Waals surface area contributed by atoms with Crippen molar-refractivity contribution in [3.05, 3.63) is 69.1 Å². The van der Waals surface area contributed by atoms with Crippen molar-refractivity contribution in [3.63, 3.8) is 0 Å². The fourth-order valence-electron chi connectivity index (χ4n) is 2.54. The highest BCUT2D eigenvalue weighted by Crippen LogP contribution is 2.20. The van der Waals surface area contributed by atoms with Crippen molar-refractivity contribution >= 4 is 17.2 Å². The van der Waals surface area contributed by atoms with E-state index in [-0.39, 0.29) is 18.5 Å². The summed E-state index contributed by atoms with van der Waals surface area (Å²) < 4.78 is 12.0. The van der Waals surface area contributed by atoms with E-state index < -0.39 is 16.2 Å². The normalized spacial score (nSPS) is 11.8. The lowest BCUT2D eigenvalue weighted by Gasteiger charge is -2.16. The SMILES string of the molecule is COc1ccc(OC(C)CNc2nc3ccccn3c(=O)c2[N+](=O)[O-])cc1. The van der Waals surface area contributed by atoms with Crippen molar-refractivity contribution in [2.45, 2.75) is 13.0 Å². The van der Waals surface area contributed by atoms with Gasteiger partial charge in [-0.2, -0.15) is 0 Å². The second kappa shape index (κ2) is 7.73. The van der Waals surface area contributed by atoms with Gasteiger partial charge in [0.25, 0.3) is 0 Å². The van der Waals surface area contributed by atoms with E-state index in [1.807, 2.05) is 0 Å². The van der Waals surface area contributed by atoms with E-state index in [1.54, 1.807) is 56.5 Å². The number of nitrogens with zero attached hydrogens (tertiary/aromatic N) is 3. The molecule has 1 unspecified atom stereocenters. The van der Waals surface area contributed by atoms with Crippen LogP contribution in [0.3, 0.4) is 0 Å². The molecular weight excluding hydrogens is 352 g/mol. The molecule has 9 nitrogen and oxygen atoms in total. The first kappa shape index (κ1) is 18.2. The Bertz CT molecular complexity index is 1020. The molecule has 0 radical (unpaired) electrons. The summed E-state index contributed by atoms with van der Waals surface area (Å²) in [5, 5.41) is 14.2. The van der Waals surface area contributed by atoms with Crippen molar-refractivity contribution in [2.24, 2.45) is 0 Å². The Hall–Kier alpha value is -3.62. The molecule has 0 aliphatic carbocycles. The molecule has 0 amide bonds. The van der Waals surface area contributed by atoms with E-state index in [9.17, 15) is 14.9 Å². The zero-order chi connectivity index (χ0) is 19.4. The van der Waals surface area contributed by atoms with Gasteiger partial charge in [0.2, 0.25) is 5.82 Å². The van der Waals surface area contributed by atoms with Crippen LogP contribution in [0, 0.1) is 10.1 Å². The summed E-state index contributed by atoms with van der Waals surface area (Å²) in [4.78, 5) is 27.2. The number of aromatic nitrogens is 2. The van der Waals surface area contributed by atoms with Crippen LogP contribution in [-0.4, -0.2) is 34.1 Å². The molecule has 0 aliphatic heterocycles. The summed E-state index contributed by atoms with van der Waals surface area (Å²) >= 11 is 0. The van der Waals surface area contributed by atoms with Crippen LogP contribution in [0.2, 0.25) is 0 Å². The maximum Gasteiger partial charge on any atom is 0.376 e. The molecular formula is C18H18N4O5. The van der Waals surface area contributed by atoms with Gasteiger partial charge in [0.05, 0.1) is 18.6 Å². The Morgan fingerprint density at radius 1 is 1.22 bits per heavy atom. The molecule has 1 N–H and O–H groups in total. The van der Waals surface area contributed by atoms with Crippen LogP contribution in [0.15, 0.2) is 53.5 Å². The Morgan fingerprint density at radius 3 is 2.59 bits per heavy atom. The number of ether oxygens (including phenoxy) is 2. The fourth-order valence-corrected chi connectivity index (χ4v) is 2.54. The van der Waals surface area contributed by atoms with Crippen molar-refractivity contribution in [2.75, 3.05) is 19.0 Å². The van der Waals surface area contributed by atoms with E-state index >= 15 is 0 Å². The number of nitrogens with one attached hydrogen (secondary N) is 1. The minimum atomic E-state index is -0.739. The predicted octanol–water partition coefficient (Wildman–Crippen LogP) is 2.49. The van der Waals surface area contributed by atoms with Crippen LogP contribution in [0.5, 0.6) is 11.5 Å². The quantitative estimate of drug-likeness (QED) is 0.503. The first-order chi connectivity index (χ1) is 13.0. The maximum atomic E-state index is 12.4. The minimum Gasteiger partial charge on any atom is -0.497 e. The van der Waals surface area contributed by atoms with Gasteiger partial charge in [-0.3, -0.25) is 19.3 Å². The van der Waals surface area contributed by atoms with Crippen LogP contribution in [0.1, 0.15) is 6.92 Å². The molecule has 3 aromatic rings. The van der Waals surface area contributed by atoms with Gasteiger partial charge in [-0.15, -0.1) is 0 Å². The first-order valence-corrected chi connectivity index (χ1v) is 8.20. The molecule has 0 bridgehead atoms. The summed E-state index contributed by atoms with van der Waals surface area (Å²) in [7, 11) is 1.58. The van der Waals surface area contributed by atoms with Gasteiger partial charge in [0.1, 0.15) is 23.3 Å². The first-order valence-electron chi connectivity index (χ1n) is 8.20. The van der Waals surface area contributed by atoms with Gasteiger partial charge < -0.3 is 14.8 Å². The standard InChI is InChI=1S/C18H18N4O5/c1-12(27-14-8-6-13(26-2)7-9-14)11-19-17-16(22(24)25)18(23)21-10-4-3-5-15(21)20-17/h3-10,12,19H,11H2,1-2H3. The lowest BCUT2D eigenvalue weighted by molar-refractivity contribution is -0.385. The molecule has 0 fully saturated rings. The second-order valence-corrected chi connectivity index (χ2v) is 5.79. The summed E-state index contributed by atoms with van der Waals surface area (Å²) in [6.07, 6.45) is 1.12. The number of methoxy groups -OCH3 is 1. The van der Waals surface area contributed by atoms with E-state index in [0.29, 0.717) is 17.1 Å². The molecule has 0 saturated carbocycles. The maximum absolute atomic E-state index is 12.4. The number of fused-ring (bicyclic) bond motifs is 1. The summed E-state index contributed by atoms with van der Waals surface area (Å²) in [6.45, 7) is 2.03. The molecule has 0 saturated heterocycles. The molecule has 9 heteroatoms. The smallest absolute Gasteiger partial charge is 0.376 e. The Balaban J connectivity index is 1.78. The molecule has 140 valence electrons. The molecule has 1 aromatic carbocycles. The van der Waals surface area contributed by atoms with Gasteiger partial charge in [-0.1, -0.05) is 6.07 Å². The summed E-state index contributed by atoms with van der Waals surface area (Å²) in [6, 6.07) is 12.0. The third-order valence-electron chi connectivity index (χ3n) is 3.85. The van der Waals surface area contributed by atoms with Gasteiger partial charge >= 0.3 is 11.2 Å². The largest absolute Gasteiger partial charge is 0.497 e. The fraction of sp³-hybridized carbons (Fsp3) is 0.222. The van der Waals surface area contributed by atoms with Crippen LogP contribution >= 0.6 is 0 Å². The van der Waals surface area contributed by atoms with Gasteiger partial charge in [0, 0.05) is 6.20 Å². The van der Waals surface area contributed by atoms with Crippen LogP contribution in [-0.2, 0) is 0 Å². The van der Waals surface area contributed by atoms with Crippen molar-refractivity contribution < 1.29 is 14.4 Å². The van der Waals surface area contributed by atoms with E-state index in [0.717, 1.165) is 4.40 Å². The highest BCUT2D eigenvalue weighted by Gasteiger charge is 2.23. The minimum absolute atomic E-state index is 0.0821. The Labute approximate surface area is 154 Å². The number of hydrogen-bond acceptors (Lipinski definition) is 7. The third kappa shape index (κ3) is 3.97. The molecule has 2 aromatic heterocycles. The van der Waals surface area contributed by atoms with Gasteiger partial charge in [0.15, 0.2) is 0 Å². The Kier molecular flexibility index (Phi) is 5.20. The number of benzene rings is 1. The zero-order valence-electron chi connectivity index (χ0n) is 14.8. The second-order valence-electron chi connectivity index (χ2n) is 5.79. The van der Waals surface area contributed by atoms with Gasteiger partial charge in [-0.05, 0) is 43.3 Å². The van der Waals surface area contributed by atoms with Crippen LogP contribution < -0.4 is 20.3 Å². The monoisotopic (exact) mass is 370 g/mol. The lowest BCUT2D eigenvalue weighted by Crippen LogP contribution is -2.26. The van der Waals surface area contributed by atoms with Crippen molar-refractivity contribution in [3.8, 4) is 11.5 Å². The zero-order valence-corrected chi connectivity index (χ0v) is 14.8. The topological polar surface area (TPSA) is 108 Å². The van der Waals surface area contributed by atoms with Gasteiger partial charge in [-0.25, -0.2) is 4.98 Å². The number of pyridine rings is 1. The number of hydrogen-bond donors (Lipinski definition) is 1. The van der Waals surface area contributed by atoms with E-state index in [2.05, 4.69) is 10.3 Å². The summed E-state index contributed by atoms with van der Waals surface area (Å²) in [5.41, 5.74) is -1.02. The molecule has 1 atom stereocenters. The average Bonchev–Trinajstić information content (AvgIpc) is 2.66. The number of rotatable bonds is 7. The average molecular weight is 370 g/mol. The molecule has 27 heavy (non-hydrogen) atoms. The highest BCUT2D eigenvalue weighted by atomic mass is 16.6. The van der Waals surface area contributed by atoms with E-state index in [1.165, 1.54) is 6.20 Å². The summed E-state index contributed by atoms with van der Waals surface area (Å²) in [5.74, 6) is 1.26. The van der Waals surface area contributed by atoms with Crippen LogP contribution in [0.4, 0.5) is 11.5 Å². The van der Waals surface area contributed by atoms with Crippen molar-refractivity contribution in [1.82, 2.24) is 9.38 Å². The van der Waals surface area contributed by atoms with Crippen LogP contribution in [0.25, 0.3) is 5.65 Å². The predicted molar refractivity (Wildman–Crippen MR) is 99.7 cm³/mol. The molecule has 0 aliphatic rings. The van der Waals surface area contributed by atoms with E-state index in [4.69, 9.17) is 9.47 Å². The molecule has 2 heterocycles. The highest BCUT2D eigenvalue weighted by molar-refractivity contribution is 5.59. The Morgan fingerprint density at radius 2 is 1.93 bits per heavy atom.